The Labute approximate surface area is 83.2 Å². The largest absolute Gasteiger partial charge is 0.207 e. The summed E-state index contributed by atoms with van der Waals surface area (Å²) in [5, 5.41) is 9.20. The van der Waals surface area contributed by atoms with Crippen LogP contribution >= 0.6 is 0 Å². The fourth-order valence-corrected chi connectivity index (χ4v) is 2.21. The van der Waals surface area contributed by atoms with E-state index in [1.54, 1.807) is 12.1 Å². The number of hydrogen-bond donors (Lipinski definition) is 0. The van der Waals surface area contributed by atoms with Crippen molar-refractivity contribution in [2.45, 2.75) is 31.1 Å². The zero-order valence-electron chi connectivity index (χ0n) is 7.96. The lowest BCUT2D eigenvalue weighted by Gasteiger charge is -2.20. The molecule has 1 saturated carbocycles. The van der Waals surface area contributed by atoms with Gasteiger partial charge in [0, 0.05) is 0 Å². The van der Waals surface area contributed by atoms with Crippen LogP contribution in [0.25, 0.3) is 0 Å². The van der Waals surface area contributed by atoms with Gasteiger partial charge in [0.05, 0.1) is 11.5 Å². The van der Waals surface area contributed by atoms with Gasteiger partial charge in [-0.1, -0.05) is 25.0 Å². The zero-order valence-corrected chi connectivity index (χ0v) is 7.96. The first-order valence-electron chi connectivity index (χ1n) is 4.94. The molecule has 72 valence electrons. The van der Waals surface area contributed by atoms with E-state index in [0.29, 0.717) is 0 Å². The van der Waals surface area contributed by atoms with Gasteiger partial charge in [-0.3, -0.25) is 0 Å². The van der Waals surface area contributed by atoms with E-state index < -0.39 is 0 Å². The Morgan fingerprint density at radius 2 is 1.71 bits per heavy atom. The fraction of sp³-hybridized carbons (Fsp3) is 0.417. The molecule has 0 aromatic heterocycles. The van der Waals surface area contributed by atoms with E-state index in [2.05, 4.69) is 6.07 Å². The van der Waals surface area contributed by atoms with Crippen molar-refractivity contribution in [2.75, 3.05) is 0 Å². The van der Waals surface area contributed by atoms with Gasteiger partial charge in [-0.15, -0.1) is 0 Å². The van der Waals surface area contributed by atoms with Crippen LogP contribution in [0.4, 0.5) is 4.39 Å². The summed E-state index contributed by atoms with van der Waals surface area (Å²) in [7, 11) is 0. The van der Waals surface area contributed by atoms with Crippen LogP contribution in [-0.2, 0) is 5.41 Å². The highest BCUT2D eigenvalue weighted by Crippen LogP contribution is 2.40. The molecule has 1 aromatic carbocycles. The molecule has 1 aliphatic rings. The van der Waals surface area contributed by atoms with Gasteiger partial charge in [0.25, 0.3) is 0 Å². The van der Waals surface area contributed by atoms with Crippen LogP contribution in [-0.4, -0.2) is 0 Å². The third-order valence-corrected chi connectivity index (χ3v) is 3.07. The first-order chi connectivity index (χ1) is 6.77. The number of nitrogens with zero attached hydrogens (tertiary/aromatic N) is 1. The van der Waals surface area contributed by atoms with Crippen LogP contribution in [0.1, 0.15) is 31.2 Å². The molecule has 1 aliphatic carbocycles. The summed E-state index contributed by atoms with van der Waals surface area (Å²) in [6, 6.07) is 8.75. The highest BCUT2D eigenvalue weighted by molar-refractivity contribution is 5.33. The van der Waals surface area contributed by atoms with Crippen LogP contribution in [0.3, 0.4) is 0 Å². The van der Waals surface area contributed by atoms with Crippen molar-refractivity contribution in [2.24, 2.45) is 0 Å². The van der Waals surface area contributed by atoms with Gasteiger partial charge in [0.15, 0.2) is 0 Å². The minimum absolute atomic E-state index is 0.236. The van der Waals surface area contributed by atoms with Crippen molar-refractivity contribution in [3.8, 4) is 6.07 Å². The van der Waals surface area contributed by atoms with Crippen molar-refractivity contribution < 1.29 is 4.39 Å². The maximum atomic E-state index is 12.7. The molecule has 1 aromatic rings. The molecule has 14 heavy (non-hydrogen) atoms. The average Bonchev–Trinajstić information content (AvgIpc) is 2.68. The monoisotopic (exact) mass is 189 g/mol. The Hall–Kier alpha value is -1.36. The Balaban J connectivity index is 2.37. The zero-order chi connectivity index (χ0) is 10.0. The second-order valence-corrected chi connectivity index (χ2v) is 3.91. The first-order valence-corrected chi connectivity index (χ1v) is 4.94. The van der Waals surface area contributed by atoms with Gasteiger partial charge < -0.3 is 0 Å². The summed E-state index contributed by atoms with van der Waals surface area (Å²) < 4.78 is 12.7. The summed E-state index contributed by atoms with van der Waals surface area (Å²) in [6.45, 7) is 0. The molecule has 1 nitrogen and oxygen atoms in total. The topological polar surface area (TPSA) is 23.8 Å². The molecular weight excluding hydrogens is 177 g/mol. The molecule has 0 heterocycles. The molecule has 2 heteroatoms. The van der Waals surface area contributed by atoms with Crippen molar-refractivity contribution in [1.82, 2.24) is 0 Å². The van der Waals surface area contributed by atoms with Crippen molar-refractivity contribution in [3.63, 3.8) is 0 Å². The third-order valence-electron chi connectivity index (χ3n) is 3.07. The SMILES string of the molecule is N#CC1(c2ccc(F)cc2)CCCC1. The van der Waals surface area contributed by atoms with E-state index in [1.807, 2.05) is 0 Å². The summed E-state index contributed by atoms with van der Waals surface area (Å²) in [5.74, 6) is -0.236. The van der Waals surface area contributed by atoms with E-state index in [9.17, 15) is 9.65 Å². The normalized spacial score (nSPS) is 19.1. The minimum atomic E-state index is -0.340. The molecule has 0 saturated heterocycles. The van der Waals surface area contributed by atoms with Gasteiger partial charge >= 0.3 is 0 Å². The fourth-order valence-electron chi connectivity index (χ4n) is 2.21. The smallest absolute Gasteiger partial charge is 0.123 e. The van der Waals surface area contributed by atoms with Crippen LogP contribution in [0, 0.1) is 17.1 Å². The van der Waals surface area contributed by atoms with E-state index >= 15 is 0 Å². The van der Waals surface area contributed by atoms with Crippen molar-refractivity contribution in [3.05, 3.63) is 35.6 Å². The standard InChI is InChI=1S/C12H12FN/c13-11-5-3-10(4-6-11)12(9-14)7-1-2-8-12/h3-6H,1-2,7-8H2. The van der Waals surface area contributed by atoms with Crippen LogP contribution < -0.4 is 0 Å². The van der Waals surface area contributed by atoms with E-state index in [4.69, 9.17) is 0 Å². The van der Waals surface area contributed by atoms with Gasteiger partial charge in [-0.2, -0.15) is 5.26 Å². The van der Waals surface area contributed by atoms with Crippen LogP contribution in [0.2, 0.25) is 0 Å². The molecule has 0 unspecified atom stereocenters. The van der Waals surface area contributed by atoms with Gasteiger partial charge in [0.1, 0.15) is 5.82 Å². The summed E-state index contributed by atoms with van der Waals surface area (Å²) in [4.78, 5) is 0. The maximum absolute atomic E-state index is 12.7. The lowest BCUT2D eigenvalue weighted by molar-refractivity contribution is 0.568. The Bertz CT molecular complexity index is 355. The van der Waals surface area contributed by atoms with Crippen molar-refractivity contribution in [1.29, 1.82) is 5.26 Å². The highest BCUT2D eigenvalue weighted by atomic mass is 19.1. The molecule has 1 fully saturated rings. The quantitative estimate of drug-likeness (QED) is 0.665. The molecule has 0 N–H and O–H groups in total. The second kappa shape index (κ2) is 3.42. The molecule has 2 rings (SSSR count). The van der Waals surface area contributed by atoms with Gasteiger partial charge in [-0.25, -0.2) is 4.39 Å². The molecule has 0 aliphatic heterocycles. The maximum Gasteiger partial charge on any atom is 0.123 e. The number of nitriles is 1. The minimum Gasteiger partial charge on any atom is -0.207 e. The summed E-state index contributed by atoms with van der Waals surface area (Å²) in [6.07, 6.45) is 4.03. The molecule has 0 radical (unpaired) electrons. The predicted octanol–water partition coefficient (Wildman–Crippen LogP) is 3.16. The lowest BCUT2D eigenvalue weighted by atomic mass is 9.80. The predicted molar refractivity (Wildman–Crippen MR) is 52.2 cm³/mol. The molecule has 0 amide bonds. The second-order valence-electron chi connectivity index (χ2n) is 3.91. The van der Waals surface area contributed by atoms with Crippen LogP contribution in [0.15, 0.2) is 24.3 Å². The third kappa shape index (κ3) is 1.39. The Morgan fingerprint density at radius 1 is 1.14 bits per heavy atom. The van der Waals surface area contributed by atoms with E-state index in [0.717, 1.165) is 31.2 Å². The van der Waals surface area contributed by atoms with E-state index in [1.165, 1.54) is 12.1 Å². The van der Waals surface area contributed by atoms with Crippen molar-refractivity contribution >= 4 is 0 Å². The first kappa shape index (κ1) is 9.21. The number of rotatable bonds is 1. The molecule has 0 atom stereocenters. The van der Waals surface area contributed by atoms with E-state index in [-0.39, 0.29) is 11.2 Å². The number of hydrogen-bond acceptors (Lipinski definition) is 1. The lowest BCUT2D eigenvalue weighted by Crippen LogP contribution is -2.18. The molecular formula is C12H12FN. The average molecular weight is 189 g/mol. The van der Waals surface area contributed by atoms with Gasteiger partial charge in [-0.05, 0) is 30.5 Å². The number of benzene rings is 1. The molecule has 0 spiro atoms. The number of halogens is 1. The molecule has 0 bridgehead atoms. The van der Waals surface area contributed by atoms with Crippen LogP contribution in [0.5, 0.6) is 0 Å². The Morgan fingerprint density at radius 3 is 2.21 bits per heavy atom. The summed E-state index contributed by atoms with van der Waals surface area (Å²) in [5.41, 5.74) is 0.632. The Kier molecular flexibility index (Phi) is 2.25. The highest BCUT2D eigenvalue weighted by Gasteiger charge is 2.35. The summed E-state index contributed by atoms with van der Waals surface area (Å²) >= 11 is 0. The van der Waals surface area contributed by atoms with Gasteiger partial charge in [0.2, 0.25) is 0 Å².